The van der Waals surface area contributed by atoms with Gasteiger partial charge < -0.3 is 14.4 Å². The molecule has 2 heterocycles. The number of piperidine rings is 1. The number of ketones is 1. The van der Waals surface area contributed by atoms with E-state index in [9.17, 15) is 4.79 Å². The Morgan fingerprint density at radius 3 is 2.05 bits per heavy atom. The van der Waals surface area contributed by atoms with Crippen molar-refractivity contribution in [3.8, 4) is 0 Å². The Kier molecular flexibility index (Phi) is 5.37. The van der Waals surface area contributed by atoms with E-state index in [0.717, 1.165) is 37.2 Å². The van der Waals surface area contributed by atoms with Gasteiger partial charge in [-0.1, -0.05) is 13.8 Å². The van der Waals surface area contributed by atoms with Crippen molar-refractivity contribution in [1.29, 1.82) is 0 Å². The van der Waals surface area contributed by atoms with Crippen molar-refractivity contribution in [3.05, 3.63) is 29.8 Å². The van der Waals surface area contributed by atoms with Gasteiger partial charge in [0.2, 0.25) is 0 Å². The zero-order valence-corrected chi connectivity index (χ0v) is 13.2. The van der Waals surface area contributed by atoms with Crippen LogP contribution in [-0.2, 0) is 9.47 Å². The third-order valence-corrected chi connectivity index (χ3v) is 3.98. The molecule has 1 spiro atoms. The van der Waals surface area contributed by atoms with Gasteiger partial charge in [0.15, 0.2) is 11.6 Å². The lowest BCUT2D eigenvalue weighted by molar-refractivity contribution is -0.169. The topological polar surface area (TPSA) is 38.8 Å². The van der Waals surface area contributed by atoms with Crippen molar-refractivity contribution >= 4 is 11.5 Å². The van der Waals surface area contributed by atoms with E-state index in [1.807, 2.05) is 38.1 Å². The van der Waals surface area contributed by atoms with E-state index < -0.39 is 0 Å². The molecule has 1 aromatic rings. The Hall–Kier alpha value is -1.39. The summed E-state index contributed by atoms with van der Waals surface area (Å²) in [5.41, 5.74) is 1.93. The van der Waals surface area contributed by atoms with Gasteiger partial charge in [0.25, 0.3) is 0 Å². The summed E-state index contributed by atoms with van der Waals surface area (Å²) in [6.45, 7) is 8.88. The summed E-state index contributed by atoms with van der Waals surface area (Å²) < 4.78 is 11.4. The maximum Gasteiger partial charge on any atom is 0.171 e. The van der Waals surface area contributed by atoms with Crippen molar-refractivity contribution in [2.75, 3.05) is 31.2 Å². The second-order valence-corrected chi connectivity index (χ2v) is 5.20. The van der Waals surface area contributed by atoms with Crippen LogP contribution < -0.4 is 4.90 Å². The number of nitrogens with zero attached hydrogens (tertiary/aromatic N) is 1. The first kappa shape index (κ1) is 16.0. The minimum Gasteiger partial charge on any atom is -0.371 e. The highest BCUT2D eigenvalue weighted by Crippen LogP contribution is 2.33. The molecule has 2 aliphatic heterocycles. The van der Waals surface area contributed by atoms with Gasteiger partial charge in [-0.05, 0) is 31.2 Å². The Labute approximate surface area is 127 Å². The van der Waals surface area contributed by atoms with Gasteiger partial charge in [-0.3, -0.25) is 4.79 Å². The van der Waals surface area contributed by atoms with Crippen LogP contribution in [0, 0.1) is 0 Å². The van der Waals surface area contributed by atoms with E-state index in [0.29, 0.717) is 13.2 Å². The lowest BCUT2D eigenvalue weighted by Crippen LogP contribution is -2.45. The zero-order chi connectivity index (χ0) is 15.3. The first-order valence-corrected chi connectivity index (χ1v) is 7.82. The molecular weight excluding hydrogens is 266 g/mol. The summed E-state index contributed by atoms with van der Waals surface area (Å²) >= 11 is 0. The van der Waals surface area contributed by atoms with Crippen LogP contribution in [0.3, 0.4) is 0 Å². The summed E-state index contributed by atoms with van der Waals surface area (Å²) in [6, 6.07) is 7.82. The summed E-state index contributed by atoms with van der Waals surface area (Å²) in [7, 11) is 0. The standard InChI is InChI=1S/C15H19NO3.C2H6/c1-12(17)13-2-4-14(5-3-13)16-8-6-15(7-9-16)18-10-11-19-15;1-2/h2-5H,6-11H2,1H3;1-2H3. The van der Waals surface area contributed by atoms with Crippen LogP contribution in [-0.4, -0.2) is 37.9 Å². The number of anilines is 1. The average Bonchev–Trinajstić information content (AvgIpc) is 2.98. The van der Waals surface area contributed by atoms with Gasteiger partial charge in [-0.2, -0.15) is 0 Å². The molecule has 2 saturated heterocycles. The molecule has 4 nitrogen and oxygen atoms in total. The monoisotopic (exact) mass is 291 g/mol. The molecule has 0 amide bonds. The molecule has 4 heteroatoms. The highest BCUT2D eigenvalue weighted by Gasteiger charge is 2.39. The van der Waals surface area contributed by atoms with Gasteiger partial charge in [0.1, 0.15) is 0 Å². The Balaban J connectivity index is 0.000000774. The van der Waals surface area contributed by atoms with Gasteiger partial charge in [-0.15, -0.1) is 0 Å². The molecule has 0 aromatic heterocycles. The first-order chi connectivity index (χ1) is 10.2. The molecule has 0 bridgehead atoms. The fourth-order valence-electron chi connectivity index (χ4n) is 2.80. The number of hydrogen-bond acceptors (Lipinski definition) is 4. The second kappa shape index (κ2) is 7.05. The maximum absolute atomic E-state index is 11.3. The van der Waals surface area contributed by atoms with Crippen LogP contribution in [0.2, 0.25) is 0 Å². The Bertz CT molecular complexity index is 453. The number of rotatable bonds is 2. The predicted octanol–water partition coefficient (Wildman–Crippen LogP) is 3.26. The van der Waals surface area contributed by atoms with E-state index in [4.69, 9.17) is 9.47 Å². The molecule has 0 N–H and O–H groups in total. The SMILES string of the molecule is CC.CC(=O)c1ccc(N2CCC3(CC2)OCCO3)cc1. The van der Waals surface area contributed by atoms with Crippen LogP contribution >= 0.6 is 0 Å². The van der Waals surface area contributed by atoms with Crippen LogP contribution in [0.25, 0.3) is 0 Å². The van der Waals surface area contributed by atoms with Gasteiger partial charge in [0.05, 0.1) is 13.2 Å². The molecule has 0 radical (unpaired) electrons. The van der Waals surface area contributed by atoms with Crippen LogP contribution in [0.5, 0.6) is 0 Å². The molecular formula is C17H25NO3. The van der Waals surface area contributed by atoms with Crippen LogP contribution in [0.4, 0.5) is 5.69 Å². The average molecular weight is 291 g/mol. The Morgan fingerprint density at radius 2 is 1.57 bits per heavy atom. The minimum atomic E-state index is -0.324. The van der Waals surface area contributed by atoms with E-state index in [1.54, 1.807) is 6.92 Å². The van der Waals surface area contributed by atoms with Crippen molar-refractivity contribution in [1.82, 2.24) is 0 Å². The third-order valence-electron chi connectivity index (χ3n) is 3.98. The number of benzene rings is 1. The van der Waals surface area contributed by atoms with E-state index in [1.165, 1.54) is 0 Å². The van der Waals surface area contributed by atoms with E-state index in [2.05, 4.69) is 4.90 Å². The van der Waals surface area contributed by atoms with Crippen molar-refractivity contribution in [2.24, 2.45) is 0 Å². The molecule has 2 fully saturated rings. The maximum atomic E-state index is 11.3. The summed E-state index contributed by atoms with van der Waals surface area (Å²) in [6.07, 6.45) is 1.81. The van der Waals surface area contributed by atoms with Crippen molar-refractivity contribution in [3.63, 3.8) is 0 Å². The fraction of sp³-hybridized carbons (Fsp3) is 0.588. The molecule has 0 atom stereocenters. The molecule has 116 valence electrons. The zero-order valence-electron chi connectivity index (χ0n) is 13.2. The van der Waals surface area contributed by atoms with Gasteiger partial charge in [0, 0.05) is 37.2 Å². The first-order valence-electron chi connectivity index (χ1n) is 7.82. The number of carbonyl (C=O) groups is 1. The second-order valence-electron chi connectivity index (χ2n) is 5.20. The molecule has 0 unspecified atom stereocenters. The Morgan fingerprint density at radius 1 is 1.05 bits per heavy atom. The lowest BCUT2D eigenvalue weighted by atomic mass is 10.0. The molecule has 0 saturated carbocycles. The minimum absolute atomic E-state index is 0.108. The number of hydrogen-bond donors (Lipinski definition) is 0. The summed E-state index contributed by atoms with van der Waals surface area (Å²) in [4.78, 5) is 13.6. The van der Waals surface area contributed by atoms with Crippen LogP contribution in [0.15, 0.2) is 24.3 Å². The number of carbonyl (C=O) groups excluding carboxylic acids is 1. The highest BCUT2D eigenvalue weighted by molar-refractivity contribution is 5.94. The van der Waals surface area contributed by atoms with E-state index >= 15 is 0 Å². The smallest absolute Gasteiger partial charge is 0.171 e. The summed E-state index contributed by atoms with van der Waals surface area (Å²) in [5, 5.41) is 0. The van der Waals surface area contributed by atoms with Crippen molar-refractivity contribution < 1.29 is 14.3 Å². The van der Waals surface area contributed by atoms with Crippen LogP contribution in [0.1, 0.15) is 44.0 Å². The predicted molar refractivity (Wildman–Crippen MR) is 83.9 cm³/mol. The number of Topliss-reactive ketones (excluding diaryl/α,β-unsaturated/α-hetero) is 1. The van der Waals surface area contributed by atoms with Crippen molar-refractivity contribution in [2.45, 2.75) is 39.4 Å². The molecule has 21 heavy (non-hydrogen) atoms. The third kappa shape index (κ3) is 3.63. The largest absolute Gasteiger partial charge is 0.371 e. The highest BCUT2D eigenvalue weighted by atomic mass is 16.7. The molecule has 3 rings (SSSR count). The molecule has 1 aromatic carbocycles. The normalized spacial score (nSPS) is 20.0. The molecule has 2 aliphatic rings. The lowest BCUT2D eigenvalue weighted by Gasteiger charge is -2.38. The number of ether oxygens (including phenoxy) is 2. The quantitative estimate of drug-likeness (QED) is 0.784. The summed E-state index contributed by atoms with van der Waals surface area (Å²) in [5.74, 6) is -0.215. The molecule has 0 aliphatic carbocycles. The van der Waals surface area contributed by atoms with Gasteiger partial charge in [-0.25, -0.2) is 0 Å². The fourth-order valence-corrected chi connectivity index (χ4v) is 2.80. The van der Waals surface area contributed by atoms with Gasteiger partial charge >= 0.3 is 0 Å². The van der Waals surface area contributed by atoms with E-state index in [-0.39, 0.29) is 11.6 Å².